The third kappa shape index (κ3) is 1.75. The summed E-state index contributed by atoms with van der Waals surface area (Å²) in [7, 11) is 0. The van der Waals surface area contributed by atoms with E-state index in [1.54, 1.807) is 0 Å². The third-order valence-electron chi connectivity index (χ3n) is 2.30. The monoisotopic (exact) mass is 138 g/mol. The second-order valence-electron chi connectivity index (χ2n) is 3.44. The predicted molar refractivity (Wildman–Crippen MR) is 41.4 cm³/mol. The van der Waals surface area contributed by atoms with Crippen LogP contribution in [0.4, 0.5) is 0 Å². The van der Waals surface area contributed by atoms with Gasteiger partial charge in [0.1, 0.15) is 0 Å². The average Bonchev–Trinajstić information content (AvgIpc) is 1.88. The second kappa shape index (κ2) is 2.64. The van der Waals surface area contributed by atoms with Crippen molar-refractivity contribution >= 4 is 0 Å². The van der Waals surface area contributed by atoms with Crippen LogP contribution in [-0.4, -0.2) is 10.7 Å². The summed E-state index contributed by atoms with van der Waals surface area (Å²) in [6.07, 6.45) is 8.97. The number of terminal acetylenes is 1. The average molecular weight is 138 g/mol. The first-order chi connectivity index (χ1) is 4.64. The van der Waals surface area contributed by atoms with Crippen LogP contribution in [0.3, 0.4) is 0 Å². The maximum absolute atomic E-state index is 9.52. The van der Waals surface area contributed by atoms with Gasteiger partial charge in [0, 0.05) is 5.92 Å². The lowest BCUT2D eigenvalue weighted by Crippen LogP contribution is -2.29. The highest BCUT2D eigenvalue weighted by Crippen LogP contribution is 2.30. The van der Waals surface area contributed by atoms with Crippen LogP contribution in [0.25, 0.3) is 0 Å². The summed E-state index contributed by atoms with van der Waals surface area (Å²) in [4.78, 5) is 0. The summed E-state index contributed by atoms with van der Waals surface area (Å²) in [5.74, 6) is 3.15. The van der Waals surface area contributed by atoms with Crippen molar-refractivity contribution in [3.63, 3.8) is 0 Å². The highest BCUT2D eigenvalue weighted by molar-refractivity contribution is 4.97. The van der Waals surface area contributed by atoms with Gasteiger partial charge in [-0.3, -0.25) is 0 Å². The first-order valence-electron chi connectivity index (χ1n) is 3.82. The molecule has 0 aromatic carbocycles. The molecular weight excluding hydrogens is 124 g/mol. The molecule has 1 heteroatoms. The molecule has 0 unspecified atom stereocenters. The van der Waals surface area contributed by atoms with Gasteiger partial charge in [0.25, 0.3) is 0 Å². The van der Waals surface area contributed by atoms with Gasteiger partial charge in [0.05, 0.1) is 5.60 Å². The van der Waals surface area contributed by atoms with Gasteiger partial charge in [0.15, 0.2) is 0 Å². The van der Waals surface area contributed by atoms with E-state index in [-0.39, 0.29) is 0 Å². The molecule has 0 heterocycles. The zero-order valence-corrected chi connectivity index (χ0v) is 6.43. The summed E-state index contributed by atoms with van der Waals surface area (Å²) in [6.45, 7) is 1.89. The Bertz CT molecular complexity index is 143. The Kier molecular flexibility index (Phi) is 2.01. The van der Waals surface area contributed by atoms with Crippen LogP contribution >= 0.6 is 0 Å². The van der Waals surface area contributed by atoms with E-state index in [2.05, 4.69) is 5.92 Å². The van der Waals surface area contributed by atoms with Crippen molar-refractivity contribution in [1.82, 2.24) is 0 Å². The first-order valence-corrected chi connectivity index (χ1v) is 3.82. The summed E-state index contributed by atoms with van der Waals surface area (Å²) < 4.78 is 0. The molecule has 0 amide bonds. The van der Waals surface area contributed by atoms with Gasteiger partial charge in [-0.15, -0.1) is 12.3 Å². The summed E-state index contributed by atoms with van der Waals surface area (Å²) in [5.41, 5.74) is -0.437. The predicted octanol–water partition coefficient (Wildman–Crippen LogP) is 1.56. The van der Waals surface area contributed by atoms with Crippen LogP contribution in [0.1, 0.15) is 32.6 Å². The van der Waals surface area contributed by atoms with Crippen molar-refractivity contribution < 1.29 is 5.11 Å². The molecule has 0 atom stereocenters. The van der Waals surface area contributed by atoms with Crippen LogP contribution in [0.5, 0.6) is 0 Å². The fraction of sp³-hybridized carbons (Fsp3) is 0.778. The topological polar surface area (TPSA) is 20.2 Å². The van der Waals surface area contributed by atoms with Gasteiger partial charge in [-0.25, -0.2) is 0 Å². The molecule has 0 aliphatic heterocycles. The van der Waals surface area contributed by atoms with E-state index in [0.717, 1.165) is 25.7 Å². The molecule has 0 radical (unpaired) electrons. The highest BCUT2D eigenvalue weighted by Gasteiger charge is 2.27. The lowest BCUT2D eigenvalue weighted by Gasteiger charge is -2.30. The Hall–Kier alpha value is -0.480. The van der Waals surface area contributed by atoms with Crippen LogP contribution in [-0.2, 0) is 0 Å². The molecule has 0 aromatic heterocycles. The molecule has 56 valence electrons. The molecule has 0 bridgehead atoms. The van der Waals surface area contributed by atoms with Crippen molar-refractivity contribution in [2.45, 2.75) is 38.2 Å². The van der Waals surface area contributed by atoms with Gasteiger partial charge < -0.3 is 5.11 Å². The zero-order valence-electron chi connectivity index (χ0n) is 6.43. The van der Waals surface area contributed by atoms with Crippen LogP contribution in [0.15, 0.2) is 0 Å². The molecule has 1 nitrogen and oxygen atoms in total. The number of aliphatic hydroxyl groups is 1. The van der Waals surface area contributed by atoms with Gasteiger partial charge >= 0.3 is 0 Å². The molecule has 1 rings (SSSR count). The van der Waals surface area contributed by atoms with Crippen LogP contribution < -0.4 is 0 Å². The van der Waals surface area contributed by atoms with E-state index in [0.29, 0.717) is 5.92 Å². The van der Waals surface area contributed by atoms with E-state index < -0.39 is 5.60 Å². The quantitative estimate of drug-likeness (QED) is 0.504. The van der Waals surface area contributed by atoms with E-state index >= 15 is 0 Å². The zero-order chi connectivity index (χ0) is 7.61. The van der Waals surface area contributed by atoms with E-state index in [4.69, 9.17) is 6.42 Å². The molecule has 0 aromatic rings. The number of hydrogen-bond donors (Lipinski definition) is 1. The molecule has 1 saturated carbocycles. The summed E-state index contributed by atoms with van der Waals surface area (Å²) in [6, 6.07) is 0. The second-order valence-corrected chi connectivity index (χ2v) is 3.44. The van der Waals surface area contributed by atoms with Crippen molar-refractivity contribution in [2.75, 3.05) is 0 Å². The minimum atomic E-state index is -0.437. The van der Waals surface area contributed by atoms with Gasteiger partial charge in [-0.1, -0.05) is 0 Å². The lowest BCUT2D eigenvalue weighted by molar-refractivity contribution is 0.0148. The van der Waals surface area contributed by atoms with Crippen LogP contribution in [0.2, 0.25) is 0 Å². The smallest absolute Gasteiger partial charge is 0.0620 e. The number of rotatable bonds is 0. The van der Waals surface area contributed by atoms with E-state index in [9.17, 15) is 5.11 Å². The van der Waals surface area contributed by atoms with E-state index in [1.165, 1.54) is 0 Å². The Morgan fingerprint density at radius 2 is 2.00 bits per heavy atom. The molecule has 1 aliphatic carbocycles. The third-order valence-corrected chi connectivity index (χ3v) is 2.30. The lowest BCUT2D eigenvalue weighted by atomic mass is 9.80. The van der Waals surface area contributed by atoms with Crippen LogP contribution in [0, 0.1) is 18.3 Å². The Balaban J connectivity index is 2.40. The standard InChI is InChI=1S/C9H14O/c1-3-8-4-6-9(2,10)7-5-8/h1,8,10H,4-7H2,2H3/t8-,9-. The fourth-order valence-corrected chi connectivity index (χ4v) is 1.41. The Labute approximate surface area is 62.4 Å². The van der Waals surface area contributed by atoms with Crippen molar-refractivity contribution in [1.29, 1.82) is 0 Å². The van der Waals surface area contributed by atoms with Crippen molar-refractivity contribution in [3.8, 4) is 12.3 Å². The minimum absolute atomic E-state index is 0.417. The van der Waals surface area contributed by atoms with E-state index in [1.807, 2.05) is 6.92 Å². The summed E-state index contributed by atoms with van der Waals surface area (Å²) in [5, 5.41) is 9.52. The first kappa shape index (κ1) is 7.63. The maximum Gasteiger partial charge on any atom is 0.0620 e. The SMILES string of the molecule is C#C[C@H]1CC[C@](C)(O)CC1. The maximum atomic E-state index is 9.52. The molecule has 1 aliphatic rings. The normalized spacial score (nSPS) is 40.7. The molecule has 1 fully saturated rings. The minimum Gasteiger partial charge on any atom is -0.390 e. The fourth-order valence-electron chi connectivity index (χ4n) is 1.41. The molecule has 0 saturated heterocycles. The molecule has 0 spiro atoms. The number of hydrogen-bond acceptors (Lipinski definition) is 1. The van der Waals surface area contributed by atoms with Gasteiger partial charge in [-0.2, -0.15) is 0 Å². The molecule has 10 heavy (non-hydrogen) atoms. The van der Waals surface area contributed by atoms with Gasteiger partial charge in [0.2, 0.25) is 0 Å². The van der Waals surface area contributed by atoms with Crippen molar-refractivity contribution in [2.24, 2.45) is 5.92 Å². The van der Waals surface area contributed by atoms with Gasteiger partial charge in [-0.05, 0) is 32.6 Å². The summed E-state index contributed by atoms with van der Waals surface area (Å²) >= 11 is 0. The molecule has 1 N–H and O–H groups in total. The largest absolute Gasteiger partial charge is 0.390 e. The Morgan fingerprint density at radius 1 is 1.50 bits per heavy atom. The Morgan fingerprint density at radius 3 is 2.40 bits per heavy atom. The highest BCUT2D eigenvalue weighted by atomic mass is 16.3. The molecular formula is C9H14O. The van der Waals surface area contributed by atoms with Crippen molar-refractivity contribution in [3.05, 3.63) is 0 Å².